The molecule has 0 aliphatic heterocycles. The maximum Gasteiger partial charge on any atom is 0.339 e. The van der Waals surface area contributed by atoms with Gasteiger partial charge in [-0.25, -0.2) is 13.2 Å². The third-order valence-electron chi connectivity index (χ3n) is 3.88. The predicted molar refractivity (Wildman–Crippen MR) is 114 cm³/mol. The van der Waals surface area contributed by atoms with E-state index in [4.69, 9.17) is 16.3 Å². The van der Waals surface area contributed by atoms with E-state index < -0.39 is 28.4 Å². The number of amides is 1. The Morgan fingerprint density at radius 2 is 1.83 bits per heavy atom. The van der Waals surface area contributed by atoms with Crippen molar-refractivity contribution in [2.75, 3.05) is 31.8 Å². The Morgan fingerprint density at radius 3 is 2.41 bits per heavy atom. The molecule has 0 saturated heterocycles. The van der Waals surface area contributed by atoms with Gasteiger partial charge in [-0.05, 0) is 55.6 Å². The molecule has 0 unspecified atom stereocenters. The van der Waals surface area contributed by atoms with Gasteiger partial charge in [0.15, 0.2) is 0 Å². The molecular formula is C19H21ClN2O5S2. The molecule has 0 bridgehead atoms. The lowest BCUT2D eigenvalue weighted by Gasteiger charge is -2.17. The number of hydrogen-bond donors (Lipinski definition) is 1. The van der Waals surface area contributed by atoms with E-state index in [0.29, 0.717) is 5.69 Å². The Kier molecular flexibility index (Phi) is 8.09. The number of hydrogen-bond acceptors (Lipinski definition) is 6. The molecule has 29 heavy (non-hydrogen) atoms. The number of carbonyl (C=O) groups excluding carboxylic acids is 2. The highest BCUT2D eigenvalue weighted by atomic mass is 35.5. The zero-order valence-electron chi connectivity index (χ0n) is 16.1. The lowest BCUT2D eigenvalue weighted by Crippen LogP contribution is -2.35. The summed E-state index contributed by atoms with van der Waals surface area (Å²) in [4.78, 5) is 25.3. The van der Waals surface area contributed by atoms with Gasteiger partial charge >= 0.3 is 5.97 Å². The fourth-order valence-electron chi connectivity index (χ4n) is 2.38. The van der Waals surface area contributed by atoms with Crippen molar-refractivity contribution in [2.45, 2.75) is 16.7 Å². The zero-order valence-corrected chi connectivity index (χ0v) is 18.5. The minimum Gasteiger partial charge on any atom is -0.462 e. The number of anilines is 1. The number of halogens is 1. The topological polar surface area (TPSA) is 92.8 Å². The number of sulfonamides is 1. The number of ether oxygens (including phenoxy) is 1. The molecule has 0 heterocycles. The van der Waals surface area contributed by atoms with Crippen LogP contribution in [0, 0.1) is 0 Å². The molecule has 1 amide bonds. The van der Waals surface area contributed by atoms with Crippen molar-refractivity contribution in [3.63, 3.8) is 0 Å². The molecular weight excluding hydrogens is 436 g/mol. The summed E-state index contributed by atoms with van der Waals surface area (Å²) in [6.45, 7) is 1.46. The SMILES string of the molecule is CCOC(=O)c1cc(NC(=O)CN(C)S(=O)(=O)c2ccc(SC)cc2)ccc1Cl. The molecule has 0 fully saturated rings. The van der Waals surface area contributed by atoms with E-state index >= 15 is 0 Å². The summed E-state index contributed by atoms with van der Waals surface area (Å²) in [5, 5.41) is 2.75. The highest BCUT2D eigenvalue weighted by Crippen LogP contribution is 2.22. The van der Waals surface area contributed by atoms with E-state index in [-0.39, 0.29) is 22.1 Å². The maximum atomic E-state index is 12.6. The second kappa shape index (κ2) is 10.1. The van der Waals surface area contributed by atoms with Gasteiger partial charge in [-0.3, -0.25) is 4.79 Å². The van der Waals surface area contributed by atoms with Gasteiger partial charge in [-0.2, -0.15) is 4.31 Å². The van der Waals surface area contributed by atoms with Crippen LogP contribution in [0.1, 0.15) is 17.3 Å². The average Bonchev–Trinajstić information content (AvgIpc) is 2.69. The van der Waals surface area contributed by atoms with Crippen molar-refractivity contribution >= 4 is 50.9 Å². The molecule has 156 valence electrons. The van der Waals surface area contributed by atoms with Crippen LogP contribution in [0.15, 0.2) is 52.3 Å². The summed E-state index contributed by atoms with van der Waals surface area (Å²) in [7, 11) is -2.50. The molecule has 2 rings (SSSR count). The van der Waals surface area contributed by atoms with E-state index in [1.54, 1.807) is 19.1 Å². The molecule has 1 N–H and O–H groups in total. The molecule has 2 aromatic carbocycles. The first-order chi connectivity index (χ1) is 13.7. The quantitative estimate of drug-likeness (QED) is 0.482. The number of rotatable bonds is 8. The summed E-state index contributed by atoms with van der Waals surface area (Å²) in [5.41, 5.74) is 0.416. The Bertz CT molecular complexity index is 994. The molecule has 7 nitrogen and oxygen atoms in total. The van der Waals surface area contributed by atoms with Crippen molar-refractivity contribution in [1.82, 2.24) is 4.31 Å². The number of nitrogens with one attached hydrogen (secondary N) is 1. The molecule has 0 aliphatic carbocycles. The molecule has 2 aromatic rings. The number of nitrogens with zero attached hydrogens (tertiary/aromatic N) is 1. The summed E-state index contributed by atoms with van der Waals surface area (Å²) in [6.07, 6.45) is 1.89. The highest BCUT2D eigenvalue weighted by Gasteiger charge is 2.23. The lowest BCUT2D eigenvalue weighted by molar-refractivity contribution is -0.116. The fourth-order valence-corrected chi connectivity index (χ4v) is 4.11. The first-order valence-corrected chi connectivity index (χ1v) is 11.6. The van der Waals surface area contributed by atoms with Crippen LogP contribution in [-0.2, 0) is 19.6 Å². The molecule has 0 aliphatic rings. The number of likely N-dealkylation sites (N-methyl/N-ethyl adjacent to an activating group) is 1. The smallest absolute Gasteiger partial charge is 0.339 e. The molecule has 0 saturated carbocycles. The maximum absolute atomic E-state index is 12.6. The standard InChI is InChI=1S/C19H21ClN2O5S2/c1-4-27-19(24)16-11-13(5-10-17(16)20)21-18(23)12-22(2)29(25,26)15-8-6-14(28-3)7-9-15/h5-11H,4,12H2,1-3H3,(H,21,23). The van der Waals surface area contributed by atoms with Gasteiger partial charge in [0.05, 0.1) is 28.6 Å². The number of carbonyl (C=O) groups is 2. The summed E-state index contributed by atoms with van der Waals surface area (Å²) >= 11 is 7.49. The zero-order chi connectivity index (χ0) is 21.6. The van der Waals surface area contributed by atoms with Crippen molar-refractivity contribution in [1.29, 1.82) is 0 Å². The fraction of sp³-hybridized carbons (Fsp3) is 0.263. The van der Waals surface area contributed by atoms with Gasteiger partial charge in [-0.1, -0.05) is 11.6 Å². The summed E-state index contributed by atoms with van der Waals surface area (Å²) < 4.78 is 31.2. The van der Waals surface area contributed by atoms with Gasteiger partial charge in [0.2, 0.25) is 15.9 Å². The minimum absolute atomic E-state index is 0.0988. The second-order valence-electron chi connectivity index (χ2n) is 5.90. The van der Waals surface area contributed by atoms with Gasteiger partial charge in [0.1, 0.15) is 0 Å². The van der Waals surface area contributed by atoms with Crippen molar-refractivity contribution in [3.05, 3.63) is 53.1 Å². The Morgan fingerprint density at radius 1 is 1.17 bits per heavy atom. The molecule has 0 spiro atoms. The van der Waals surface area contributed by atoms with Crippen LogP contribution >= 0.6 is 23.4 Å². The Balaban J connectivity index is 2.09. The van der Waals surface area contributed by atoms with E-state index in [1.165, 1.54) is 49.1 Å². The number of thioether (sulfide) groups is 1. The first kappa shape index (κ1) is 23.2. The van der Waals surface area contributed by atoms with Crippen molar-refractivity contribution in [3.8, 4) is 0 Å². The molecule has 0 radical (unpaired) electrons. The van der Waals surface area contributed by atoms with E-state index in [2.05, 4.69) is 5.32 Å². The summed E-state index contributed by atoms with van der Waals surface area (Å²) in [6, 6.07) is 10.8. The number of esters is 1. The third kappa shape index (κ3) is 5.96. The highest BCUT2D eigenvalue weighted by molar-refractivity contribution is 7.98. The van der Waals surface area contributed by atoms with E-state index in [1.807, 2.05) is 6.26 Å². The van der Waals surface area contributed by atoms with Gasteiger partial charge in [0, 0.05) is 17.6 Å². The average molecular weight is 457 g/mol. The summed E-state index contributed by atoms with van der Waals surface area (Å²) in [5.74, 6) is -1.17. The van der Waals surface area contributed by atoms with Gasteiger partial charge < -0.3 is 10.1 Å². The first-order valence-electron chi connectivity index (χ1n) is 8.56. The van der Waals surface area contributed by atoms with E-state index in [0.717, 1.165) is 9.20 Å². The number of benzene rings is 2. The second-order valence-corrected chi connectivity index (χ2v) is 9.23. The lowest BCUT2D eigenvalue weighted by atomic mass is 10.2. The van der Waals surface area contributed by atoms with Crippen LogP contribution in [0.5, 0.6) is 0 Å². The monoisotopic (exact) mass is 456 g/mol. The van der Waals surface area contributed by atoms with Crippen LogP contribution in [0.2, 0.25) is 5.02 Å². The molecule has 10 heteroatoms. The minimum atomic E-state index is -3.82. The van der Waals surface area contributed by atoms with Crippen LogP contribution < -0.4 is 5.32 Å². The van der Waals surface area contributed by atoms with Gasteiger partial charge in [-0.15, -0.1) is 11.8 Å². The van der Waals surface area contributed by atoms with Crippen LogP contribution in [0.3, 0.4) is 0 Å². The predicted octanol–water partition coefficient (Wildman–Crippen LogP) is 3.50. The van der Waals surface area contributed by atoms with Crippen molar-refractivity contribution < 1.29 is 22.7 Å². The van der Waals surface area contributed by atoms with Crippen molar-refractivity contribution in [2.24, 2.45) is 0 Å². The van der Waals surface area contributed by atoms with E-state index in [9.17, 15) is 18.0 Å². The molecule has 0 atom stereocenters. The molecule has 0 aromatic heterocycles. The van der Waals surface area contributed by atoms with Crippen LogP contribution in [0.4, 0.5) is 5.69 Å². The largest absolute Gasteiger partial charge is 0.462 e. The Labute approximate surface area is 179 Å². The third-order valence-corrected chi connectivity index (χ3v) is 6.77. The van der Waals surface area contributed by atoms with Gasteiger partial charge in [0.25, 0.3) is 0 Å². The van der Waals surface area contributed by atoms with Crippen LogP contribution in [0.25, 0.3) is 0 Å². The Hall–Kier alpha value is -2.07. The van der Waals surface area contributed by atoms with Crippen LogP contribution in [-0.4, -0.2) is 51.1 Å². The normalized spacial score (nSPS) is 11.3.